The van der Waals surface area contributed by atoms with Crippen molar-refractivity contribution in [1.82, 2.24) is 19.7 Å². The number of nitrogens with one attached hydrogen (secondary N) is 1. The Hall–Kier alpha value is -2.43. The van der Waals surface area contributed by atoms with Gasteiger partial charge in [0.15, 0.2) is 11.6 Å². The van der Waals surface area contributed by atoms with Gasteiger partial charge in [-0.15, -0.1) is 10.2 Å². The third-order valence-electron chi connectivity index (χ3n) is 3.42. The molecule has 0 bridgehead atoms. The van der Waals surface area contributed by atoms with Gasteiger partial charge < -0.3 is 9.88 Å². The van der Waals surface area contributed by atoms with Crippen LogP contribution in [-0.2, 0) is 6.54 Å². The van der Waals surface area contributed by atoms with E-state index in [1.54, 1.807) is 0 Å². The third kappa shape index (κ3) is 2.46. The molecule has 2 heterocycles. The normalized spacial score (nSPS) is 11.0. The van der Waals surface area contributed by atoms with E-state index in [-0.39, 0.29) is 0 Å². The molecular weight excluding hydrogens is 262 g/mol. The van der Waals surface area contributed by atoms with E-state index in [0.717, 1.165) is 47.6 Å². The van der Waals surface area contributed by atoms with Gasteiger partial charge in [-0.1, -0.05) is 31.2 Å². The van der Waals surface area contributed by atoms with Crippen LogP contribution in [0.4, 0.5) is 5.82 Å². The summed E-state index contributed by atoms with van der Waals surface area (Å²) in [6.07, 6.45) is 4.87. The number of benzene rings is 1. The Kier molecular flexibility index (Phi) is 3.81. The molecule has 0 amide bonds. The highest BCUT2D eigenvalue weighted by atomic mass is 15.2. The van der Waals surface area contributed by atoms with Gasteiger partial charge in [0.25, 0.3) is 0 Å². The molecule has 0 radical (unpaired) electrons. The summed E-state index contributed by atoms with van der Waals surface area (Å²) in [5.74, 6) is 1.70. The van der Waals surface area contributed by atoms with Crippen molar-refractivity contribution in [1.29, 1.82) is 0 Å². The summed E-state index contributed by atoms with van der Waals surface area (Å²) >= 11 is 0. The summed E-state index contributed by atoms with van der Waals surface area (Å²) in [4.78, 5) is 4.47. The van der Waals surface area contributed by atoms with Gasteiger partial charge in [-0.3, -0.25) is 0 Å². The smallest absolute Gasteiger partial charge is 0.161 e. The molecule has 0 aliphatic carbocycles. The highest BCUT2D eigenvalue weighted by molar-refractivity contribution is 5.99. The summed E-state index contributed by atoms with van der Waals surface area (Å²) in [6, 6.07) is 8.19. The van der Waals surface area contributed by atoms with Crippen LogP contribution in [0, 0.1) is 0 Å². The predicted octanol–water partition coefficient (Wildman–Crippen LogP) is 3.34. The molecule has 5 nitrogen and oxygen atoms in total. The van der Waals surface area contributed by atoms with E-state index >= 15 is 0 Å². The van der Waals surface area contributed by atoms with Gasteiger partial charge in [0.1, 0.15) is 5.69 Å². The highest BCUT2D eigenvalue weighted by Gasteiger charge is 2.14. The molecule has 0 aliphatic heterocycles. The van der Waals surface area contributed by atoms with Crippen molar-refractivity contribution < 1.29 is 0 Å². The van der Waals surface area contributed by atoms with Crippen LogP contribution in [0.15, 0.2) is 36.7 Å². The quantitative estimate of drug-likeness (QED) is 0.779. The summed E-state index contributed by atoms with van der Waals surface area (Å²) < 4.78 is 2.13. The van der Waals surface area contributed by atoms with Crippen LogP contribution in [0.25, 0.3) is 22.3 Å². The van der Waals surface area contributed by atoms with Gasteiger partial charge in [-0.05, 0) is 13.3 Å². The van der Waals surface area contributed by atoms with Crippen LogP contribution >= 0.6 is 0 Å². The van der Waals surface area contributed by atoms with Crippen LogP contribution in [0.5, 0.6) is 0 Å². The first-order valence-corrected chi connectivity index (χ1v) is 7.36. The van der Waals surface area contributed by atoms with E-state index in [2.05, 4.69) is 51.0 Å². The number of fused-ring (bicyclic) bond motifs is 1. The minimum absolute atomic E-state index is 0.822. The lowest BCUT2D eigenvalue weighted by atomic mass is 10.1. The van der Waals surface area contributed by atoms with Gasteiger partial charge in [-0.2, -0.15) is 0 Å². The van der Waals surface area contributed by atoms with Gasteiger partial charge in [0.05, 0.1) is 0 Å². The molecule has 2 aromatic heterocycles. The van der Waals surface area contributed by atoms with Crippen molar-refractivity contribution in [2.75, 3.05) is 11.9 Å². The summed E-state index contributed by atoms with van der Waals surface area (Å²) in [7, 11) is 0. The zero-order valence-electron chi connectivity index (χ0n) is 12.4. The third-order valence-corrected chi connectivity index (χ3v) is 3.42. The first-order chi connectivity index (χ1) is 10.3. The second-order valence-corrected chi connectivity index (χ2v) is 4.92. The zero-order valence-corrected chi connectivity index (χ0v) is 12.4. The molecule has 3 aromatic rings. The molecule has 0 saturated carbocycles. The number of imidazole rings is 1. The monoisotopic (exact) mass is 281 g/mol. The number of aryl methyl sites for hydroxylation is 1. The van der Waals surface area contributed by atoms with Gasteiger partial charge in [-0.25, -0.2) is 4.98 Å². The summed E-state index contributed by atoms with van der Waals surface area (Å²) in [6.45, 7) is 5.96. The minimum Gasteiger partial charge on any atom is -0.368 e. The van der Waals surface area contributed by atoms with E-state index in [1.165, 1.54) is 0 Å². The second-order valence-electron chi connectivity index (χ2n) is 4.92. The Morgan fingerprint density at radius 1 is 1.10 bits per heavy atom. The molecule has 0 atom stereocenters. The van der Waals surface area contributed by atoms with Crippen LogP contribution in [0.2, 0.25) is 0 Å². The molecule has 1 aromatic carbocycles. The van der Waals surface area contributed by atoms with E-state index in [1.807, 2.05) is 24.5 Å². The topological polar surface area (TPSA) is 55.6 Å². The first-order valence-electron chi connectivity index (χ1n) is 7.36. The number of hydrogen-bond donors (Lipinski definition) is 1. The number of anilines is 1. The Morgan fingerprint density at radius 3 is 2.67 bits per heavy atom. The Labute approximate surface area is 124 Å². The number of aromatic nitrogens is 4. The molecular formula is C16H19N5. The molecule has 1 N–H and O–H groups in total. The van der Waals surface area contributed by atoms with Crippen molar-refractivity contribution in [2.45, 2.75) is 26.8 Å². The fraction of sp³-hybridized carbons (Fsp3) is 0.312. The van der Waals surface area contributed by atoms with Crippen LogP contribution in [-0.4, -0.2) is 26.3 Å². The van der Waals surface area contributed by atoms with Crippen molar-refractivity contribution in [3.8, 4) is 11.5 Å². The molecule has 3 rings (SSSR count). The standard InChI is InChI=1S/C16H19N5/c1-3-10-21-11-9-18-16(21)14-12-7-5-6-8-13(12)15(17-4-2)20-19-14/h5-9,11H,3-4,10H2,1-2H3,(H,17,20). The van der Waals surface area contributed by atoms with Gasteiger partial charge in [0.2, 0.25) is 0 Å². The molecule has 5 heteroatoms. The molecule has 21 heavy (non-hydrogen) atoms. The van der Waals surface area contributed by atoms with E-state index in [9.17, 15) is 0 Å². The number of nitrogens with zero attached hydrogens (tertiary/aromatic N) is 4. The Balaban J connectivity index is 2.19. The molecule has 0 fully saturated rings. The lowest BCUT2D eigenvalue weighted by Gasteiger charge is -2.11. The van der Waals surface area contributed by atoms with E-state index in [0.29, 0.717) is 0 Å². The molecule has 0 spiro atoms. The fourth-order valence-corrected chi connectivity index (χ4v) is 2.51. The lowest BCUT2D eigenvalue weighted by molar-refractivity contribution is 0.683. The van der Waals surface area contributed by atoms with Crippen molar-refractivity contribution in [2.24, 2.45) is 0 Å². The van der Waals surface area contributed by atoms with Crippen LogP contribution < -0.4 is 5.32 Å². The summed E-state index contributed by atoms with van der Waals surface area (Å²) in [5, 5.41) is 14.2. The number of hydrogen-bond acceptors (Lipinski definition) is 4. The van der Waals surface area contributed by atoms with Crippen LogP contribution in [0.3, 0.4) is 0 Å². The molecule has 0 unspecified atom stereocenters. The second kappa shape index (κ2) is 5.91. The first kappa shape index (κ1) is 13.5. The zero-order chi connectivity index (χ0) is 14.7. The number of rotatable bonds is 5. The van der Waals surface area contributed by atoms with Crippen molar-refractivity contribution in [3.05, 3.63) is 36.7 Å². The van der Waals surface area contributed by atoms with E-state index < -0.39 is 0 Å². The minimum atomic E-state index is 0.822. The SMILES string of the molecule is CCCn1ccnc1-c1nnc(NCC)c2ccccc12. The Bertz CT molecular complexity index is 747. The van der Waals surface area contributed by atoms with Crippen molar-refractivity contribution in [3.63, 3.8) is 0 Å². The van der Waals surface area contributed by atoms with Gasteiger partial charge >= 0.3 is 0 Å². The largest absolute Gasteiger partial charge is 0.368 e. The molecule has 0 aliphatic rings. The maximum atomic E-state index is 4.47. The molecule has 0 saturated heterocycles. The van der Waals surface area contributed by atoms with Crippen LogP contribution in [0.1, 0.15) is 20.3 Å². The molecule has 108 valence electrons. The maximum absolute atomic E-state index is 4.47. The average Bonchev–Trinajstić information content (AvgIpc) is 2.96. The van der Waals surface area contributed by atoms with Crippen molar-refractivity contribution >= 4 is 16.6 Å². The maximum Gasteiger partial charge on any atom is 0.161 e. The average molecular weight is 281 g/mol. The van der Waals surface area contributed by atoms with Gasteiger partial charge in [0, 0.05) is 36.3 Å². The fourth-order valence-electron chi connectivity index (χ4n) is 2.51. The highest BCUT2D eigenvalue weighted by Crippen LogP contribution is 2.28. The van der Waals surface area contributed by atoms with E-state index in [4.69, 9.17) is 0 Å². The summed E-state index contributed by atoms with van der Waals surface area (Å²) in [5.41, 5.74) is 0.839. The lowest BCUT2D eigenvalue weighted by Crippen LogP contribution is -2.05. The Morgan fingerprint density at radius 2 is 1.90 bits per heavy atom. The predicted molar refractivity (Wildman–Crippen MR) is 85.2 cm³/mol.